The van der Waals surface area contributed by atoms with Crippen LogP contribution in [0.4, 0.5) is 4.79 Å². The maximum Gasteiger partial charge on any atom is 0.410 e. The Kier molecular flexibility index (Phi) is 4.08. The molecule has 2 rings (SSSR count). The van der Waals surface area contributed by atoms with E-state index >= 15 is 0 Å². The highest BCUT2D eigenvalue weighted by Gasteiger charge is 2.28. The number of hydrogen-bond donors (Lipinski definition) is 0. The summed E-state index contributed by atoms with van der Waals surface area (Å²) >= 11 is 1.57. The van der Waals surface area contributed by atoms with E-state index in [4.69, 9.17) is 4.74 Å². The van der Waals surface area contributed by atoms with Crippen molar-refractivity contribution in [1.29, 1.82) is 0 Å². The van der Waals surface area contributed by atoms with Gasteiger partial charge in [0.1, 0.15) is 11.0 Å². The van der Waals surface area contributed by atoms with Crippen molar-refractivity contribution in [1.82, 2.24) is 9.80 Å². The highest BCUT2D eigenvalue weighted by Crippen LogP contribution is 2.30. The average Bonchev–Trinajstić information content (AvgIpc) is 2.73. The molecule has 0 saturated carbocycles. The molecule has 0 N–H and O–H groups in total. The molecule has 0 fully saturated rings. The third kappa shape index (κ3) is 3.65. The van der Waals surface area contributed by atoms with Gasteiger partial charge in [0.2, 0.25) is 0 Å². The molecule has 1 atom stereocenters. The summed E-state index contributed by atoms with van der Waals surface area (Å²) in [4.78, 5) is 15.8. The minimum absolute atomic E-state index is 0.230. The first-order chi connectivity index (χ1) is 8.87. The SMILES string of the molecule is CN1C=NSC1C1=CCN(C(=O)OC(C)(C)C)CC1. The molecule has 6 heteroatoms. The van der Waals surface area contributed by atoms with Crippen molar-refractivity contribution >= 4 is 24.4 Å². The van der Waals surface area contributed by atoms with Gasteiger partial charge in [-0.3, -0.25) is 0 Å². The Morgan fingerprint density at radius 1 is 1.53 bits per heavy atom. The summed E-state index contributed by atoms with van der Waals surface area (Å²) in [5.41, 5.74) is 0.904. The highest BCUT2D eigenvalue weighted by atomic mass is 32.2. The van der Waals surface area contributed by atoms with Gasteiger partial charge in [-0.05, 0) is 32.8 Å². The third-order valence-electron chi connectivity index (χ3n) is 2.97. The zero-order valence-electron chi connectivity index (χ0n) is 11.9. The van der Waals surface area contributed by atoms with E-state index in [0.717, 1.165) is 6.42 Å². The van der Waals surface area contributed by atoms with Crippen molar-refractivity contribution in [2.45, 2.75) is 38.2 Å². The summed E-state index contributed by atoms with van der Waals surface area (Å²) in [6, 6.07) is 0. The van der Waals surface area contributed by atoms with Gasteiger partial charge in [0.15, 0.2) is 0 Å². The Morgan fingerprint density at radius 3 is 2.74 bits per heavy atom. The van der Waals surface area contributed by atoms with Crippen LogP contribution >= 0.6 is 11.9 Å². The number of hydrogen-bond acceptors (Lipinski definition) is 5. The van der Waals surface area contributed by atoms with Crippen LogP contribution in [0, 0.1) is 0 Å². The van der Waals surface area contributed by atoms with Crippen LogP contribution in [-0.4, -0.2) is 53.3 Å². The molecule has 0 saturated heterocycles. The molecule has 0 aliphatic carbocycles. The summed E-state index contributed by atoms with van der Waals surface area (Å²) < 4.78 is 9.57. The van der Waals surface area contributed by atoms with Gasteiger partial charge >= 0.3 is 6.09 Å². The second-order valence-corrected chi connectivity index (χ2v) is 6.67. The molecule has 106 valence electrons. The van der Waals surface area contributed by atoms with Crippen LogP contribution in [0.3, 0.4) is 0 Å². The number of rotatable bonds is 1. The van der Waals surface area contributed by atoms with Crippen LogP contribution < -0.4 is 0 Å². The summed E-state index contributed by atoms with van der Waals surface area (Å²) in [5.74, 6) is 0. The lowest BCUT2D eigenvalue weighted by molar-refractivity contribution is 0.0265. The van der Waals surface area contributed by atoms with Crippen LogP contribution in [-0.2, 0) is 4.74 Å². The lowest BCUT2D eigenvalue weighted by Gasteiger charge is -2.31. The van der Waals surface area contributed by atoms with Crippen LogP contribution in [0.5, 0.6) is 0 Å². The summed E-state index contributed by atoms with van der Waals surface area (Å²) in [7, 11) is 2.02. The van der Waals surface area contributed by atoms with Gasteiger partial charge in [0.05, 0.1) is 6.34 Å². The van der Waals surface area contributed by atoms with Crippen LogP contribution in [0.25, 0.3) is 0 Å². The molecule has 0 bridgehead atoms. The number of carbonyl (C=O) groups excluding carboxylic acids is 1. The molecule has 0 spiro atoms. The molecule has 2 aliphatic rings. The molecule has 1 unspecified atom stereocenters. The van der Waals surface area contributed by atoms with E-state index in [1.165, 1.54) is 5.57 Å². The summed E-state index contributed by atoms with van der Waals surface area (Å²) in [6.07, 6.45) is 4.61. The zero-order chi connectivity index (χ0) is 14.0. The van der Waals surface area contributed by atoms with E-state index in [0.29, 0.717) is 18.5 Å². The lowest BCUT2D eigenvalue weighted by Crippen LogP contribution is -2.40. The molecule has 0 aromatic rings. The molecule has 1 amide bonds. The molecule has 5 nitrogen and oxygen atoms in total. The number of carbonyl (C=O) groups is 1. The monoisotopic (exact) mass is 283 g/mol. The van der Waals surface area contributed by atoms with Gasteiger partial charge < -0.3 is 14.5 Å². The van der Waals surface area contributed by atoms with Gasteiger partial charge in [-0.25, -0.2) is 9.19 Å². The van der Waals surface area contributed by atoms with Crippen molar-refractivity contribution < 1.29 is 9.53 Å². The molecule has 0 aromatic carbocycles. The van der Waals surface area contributed by atoms with E-state index in [1.807, 2.05) is 34.2 Å². The fraction of sp³-hybridized carbons (Fsp3) is 0.692. The van der Waals surface area contributed by atoms with Gasteiger partial charge in [0, 0.05) is 32.1 Å². The van der Waals surface area contributed by atoms with Gasteiger partial charge in [-0.1, -0.05) is 6.08 Å². The van der Waals surface area contributed by atoms with Gasteiger partial charge in [-0.2, -0.15) is 0 Å². The van der Waals surface area contributed by atoms with E-state index in [2.05, 4.69) is 15.4 Å². The molecule has 0 aromatic heterocycles. The van der Waals surface area contributed by atoms with E-state index in [1.54, 1.807) is 16.8 Å². The van der Waals surface area contributed by atoms with Crippen molar-refractivity contribution in [3.8, 4) is 0 Å². The fourth-order valence-corrected chi connectivity index (χ4v) is 2.90. The topological polar surface area (TPSA) is 45.1 Å². The second-order valence-electron chi connectivity index (χ2n) is 5.80. The third-order valence-corrected chi connectivity index (χ3v) is 4.02. The maximum absolute atomic E-state index is 11.9. The molecule has 19 heavy (non-hydrogen) atoms. The van der Waals surface area contributed by atoms with Crippen molar-refractivity contribution in [3.63, 3.8) is 0 Å². The van der Waals surface area contributed by atoms with E-state index in [-0.39, 0.29) is 6.09 Å². The van der Waals surface area contributed by atoms with Crippen LogP contribution in [0.2, 0.25) is 0 Å². The Bertz CT molecular complexity index is 415. The molecular formula is C13H21N3O2S. The first-order valence-electron chi connectivity index (χ1n) is 6.45. The van der Waals surface area contributed by atoms with Crippen LogP contribution in [0.15, 0.2) is 16.0 Å². The number of likely N-dealkylation sites (N-methyl/N-ethyl adjacent to an activating group) is 1. The summed E-state index contributed by atoms with van der Waals surface area (Å²) in [5, 5.41) is 0.292. The average molecular weight is 283 g/mol. The van der Waals surface area contributed by atoms with Crippen molar-refractivity contribution in [2.75, 3.05) is 20.1 Å². The van der Waals surface area contributed by atoms with E-state index in [9.17, 15) is 4.79 Å². The second kappa shape index (κ2) is 5.45. The van der Waals surface area contributed by atoms with Crippen molar-refractivity contribution in [3.05, 3.63) is 11.6 Å². The Morgan fingerprint density at radius 2 is 2.26 bits per heavy atom. The largest absolute Gasteiger partial charge is 0.444 e. The lowest BCUT2D eigenvalue weighted by atomic mass is 10.1. The van der Waals surface area contributed by atoms with Gasteiger partial charge in [0.25, 0.3) is 0 Å². The minimum atomic E-state index is -0.434. The predicted molar refractivity (Wildman–Crippen MR) is 78.1 cm³/mol. The fourth-order valence-electron chi connectivity index (χ4n) is 2.02. The molecule has 0 radical (unpaired) electrons. The molecular weight excluding hydrogens is 262 g/mol. The first kappa shape index (κ1) is 14.2. The predicted octanol–water partition coefficient (Wildman–Crippen LogP) is 2.50. The normalized spacial score (nSPS) is 23.6. The Labute approximate surface area is 118 Å². The Balaban J connectivity index is 1.91. The van der Waals surface area contributed by atoms with Gasteiger partial charge in [-0.15, -0.1) is 0 Å². The summed E-state index contributed by atoms with van der Waals surface area (Å²) in [6.45, 7) is 6.99. The standard InChI is InChI=1S/C13H21N3O2S/c1-13(2,3)18-12(17)16-7-5-10(6-8-16)11-15(4)9-14-19-11/h5,9,11H,6-8H2,1-4H3. The van der Waals surface area contributed by atoms with Crippen molar-refractivity contribution in [2.24, 2.45) is 4.40 Å². The maximum atomic E-state index is 11.9. The molecule has 2 aliphatic heterocycles. The molecule has 2 heterocycles. The van der Waals surface area contributed by atoms with E-state index < -0.39 is 5.60 Å². The minimum Gasteiger partial charge on any atom is -0.444 e. The number of amides is 1. The Hall–Kier alpha value is -1.17. The first-order valence-corrected chi connectivity index (χ1v) is 7.28. The number of nitrogens with zero attached hydrogens (tertiary/aromatic N) is 3. The highest BCUT2D eigenvalue weighted by molar-refractivity contribution is 7.99. The smallest absolute Gasteiger partial charge is 0.410 e. The number of ether oxygens (including phenoxy) is 1. The zero-order valence-corrected chi connectivity index (χ0v) is 12.7. The van der Waals surface area contributed by atoms with Crippen LogP contribution in [0.1, 0.15) is 27.2 Å². The quantitative estimate of drug-likeness (QED) is 0.548.